The fraction of sp³-hybridized carbons (Fsp3) is 0.769. The van der Waals surface area contributed by atoms with E-state index >= 15 is 0 Å². The molecule has 7 heteroatoms. The number of aryl methyl sites for hydroxylation is 2. The minimum absolute atomic E-state index is 0.0172. The molecule has 1 aliphatic rings. The Kier molecular flexibility index (Phi) is 4.51. The van der Waals surface area contributed by atoms with Crippen LogP contribution in [0.5, 0.6) is 0 Å². The summed E-state index contributed by atoms with van der Waals surface area (Å²) in [5, 5.41) is 9.70. The van der Waals surface area contributed by atoms with Crippen molar-refractivity contribution in [1.29, 1.82) is 0 Å². The molecule has 2 heterocycles. The van der Waals surface area contributed by atoms with Crippen molar-refractivity contribution in [2.75, 3.05) is 13.1 Å². The zero-order valence-corrected chi connectivity index (χ0v) is 13.1. The Morgan fingerprint density at radius 1 is 1.55 bits per heavy atom. The lowest BCUT2D eigenvalue weighted by Crippen LogP contribution is -2.30. The molecule has 0 saturated carbocycles. The van der Waals surface area contributed by atoms with E-state index in [1.165, 1.54) is 4.31 Å². The smallest absolute Gasteiger partial charge is 0.262 e. The minimum atomic E-state index is -3.53. The summed E-state index contributed by atoms with van der Waals surface area (Å²) in [5.74, 6) is 0.736. The molecule has 1 aromatic heterocycles. The van der Waals surface area contributed by atoms with Crippen LogP contribution in [0.2, 0.25) is 0 Å². The van der Waals surface area contributed by atoms with Crippen LogP contribution in [0.1, 0.15) is 32.5 Å². The van der Waals surface area contributed by atoms with Gasteiger partial charge in [-0.2, -0.15) is 4.31 Å². The lowest BCUT2D eigenvalue weighted by atomic mass is 10.0. The molecule has 0 aromatic carbocycles. The van der Waals surface area contributed by atoms with E-state index < -0.39 is 16.1 Å². The SMILES string of the molecule is CCCn1cc(S(=O)(=O)N2CCC(C(C)O)C2)nc1C. The summed E-state index contributed by atoms with van der Waals surface area (Å²) in [4.78, 5) is 4.19. The third-order valence-electron chi connectivity index (χ3n) is 3.89. The van der Waals surface area contributed by atoms with Crippen LogP contribution in [0.25, 0.3) is 0 Å². The Morgan fingerprint density at radius 3 is 2.80 bits per heavy atom. The number of nitrogens with zero attached hydrogens (tertiary/aromatic N) is 3. The Hall–Kier alpha value is -0.920. The summed E-state index contributed by atoms with van der Waals surface area (Å²) < 4.78 is 28.4. The molecule has 0 amide bonds. The number of hydrogen-bond donors (Lipinski definition) is 1. The fourth-order valence-electron chi connectivity index (χ4n) is 2.57. The molecule has 2 rings (SSSR count). The van der Waals surface area contributed by atoms with Crippen molar-refractivity contribution in [3.63, 3.8) is 0 Å². The normalized spacial score (nSPS) is 22.3. The van der Waals surface area contributed by atoms with Crippen molar-refractivity contribution >= 4 is 10.0 Å². The van der Waals surface area contributed by atoms with Gasteiger partial charge in [0.1, 0.15) is 5.82 Å². The summed E-state index contributed by atoms with van der Waals surface area (Å²) >= 11 is 0. The van der Waals surface area contributed by atoms with Gasteiger partial charge in [-0.05, 0) is 32.6 Å². The standard InChI is InChI=1S/C13H23N3O3S/c1-4-6-15-9-13(14-11(15)3)20(18,19)16-7-5-12(8-16)10(2)17/h9-10,12,17H,4-8H2,1-3H3. The van der Waals surface area contributed by atoms with E-state index in [-0.39, 0.29) is 10.9 Å². The van der Waals surface area contributed by atoms with Crippen LogP contribution in [0.3, 0.4) is 0 Å². The van der Waals surface area contributed by atoms with Gasteiger partial charge in [0.25, 0.3) is 10.0 Å². The van der Waals surface area contributed by atoms with E-state index in [9.17, 15) is 13.5 Å². The fourth-order valence-corrected chi connectivity index (χ4v) is 4.08. The zero-order valence-electron chi connectivity index (χ0n) is 12.3. The molecule has 0 aliphatic carbocycles. The van der Waals surface area contributed by atoms with Crippen molar-refractivity contribution < 1.29 is 13.5 Å². The average Bonchev–Trinajstić information content (AvgIpc) is 2.98. The van der Waals surface area contributed by atoms with Crippen molar-refractivity contribution in [3.8, 4) is 0 Å². The highest BCUT2D eigenvalue weighted by atomic mass is 32.2. The quantitative estimate of drug-likeness (QED) is 0.880. The lowest BCUT2D eigenvalue weighted by Gasteiger charge is -2.16. The molecule has 1 aliphatic heterocycles. The second-order valence-electron chi connectivity index (χ2n) is 5.47. The van der Waals surface area contributed by atoms with Gasteiger partial charge in [0.05, 0.1) is 6.10 Å². The van der Waals surface area contributed by atoms with Gasteiger partial charge < -0.3 is 9.67 Å². The molecule has 2 atom stereocenters. The van der Waals surface area contributed by atoms with Crippen LogP contribution < -0.4 is 0 Å². The average molecular weight is 301 g/mol. The largest absolute Gasteiger partial charge is 0.393 e. The summed E-state index contributed by atoms with van der Waals surface area (Å²) in [7, 11) is -3.53. The number of imidazole rings is 1. The number of rotatable bonds is 5. The number of aromatic nitrogens is 2. The molecule has 1 N–H and O–H groups in total. The number of aliphatic hydroxyl groups is 1. The van der Waals surface area contributed by atoms with Gasteiger partial charge in [-0.25, -0.2) is 13.4 Å². The third kappa shape index (κ3) is 2.89. The molecule has 1 aromatic rings. The van der Waals surface area contributed by atoms with Crippen LogP contribution in [0.4, 0.5) is 0 Å². The number of sulfonamides is 1. The first-order chi connectivity index (χ1) is 9.36. The highest BCUT2D eigenvalue weighted by molar-refractivity contribution is 7.89. The molecule has 0 bridgehead atoms. The van der Waals surface area contributed by atoms with Crippen LogP contribution >= 0.6 is 0 Å². The van der Waals surface area contributed by atoms with Crippen LogP contribution in [-0.2, 0) is 16.6 Å². The first-order valence-corrected chi connectivity index (χ1v) is 8.52. The molecule has 6 nitrogen and oxygen atoms in total. The molecule has 1 saturated heterocycles. The van der Waals surface area contributed by atoms with E-state index in [1.807, 2.05) is 18.4 Å². The lowest BCUT2D eigenvalue weighted by molar-refractivity contribution is 0.133. The first-order valence-electron chi connectivity index (χ1n) is 7.08. The molecule has 0 spiro atoms. The van der Waals surface area contributed by atoms with Gasteiger partial charge in [0, 0.05) is 25.8 Å². The molecular weight excluding hydrogens is 278 g/mol. The maximum Gasteiger partial charge on any atom is 0.262 e. The number of hydrogen-bond acceptors (Lipinski definition) is 4. The maximum absolute atomic E-state index is 12.5. The van der Waals surface area contributed by atoms with Gasteiger partial charge in [0.15, 0.2) is 5.03 Å². The predicted molar refractivity (Wildman–Crippen MR) is 75.8 cm³/mol. The first kappa shape index (κ1) is 15.5. The Labute approximate surface area is 120 Å². The van der Waals surface area contributed by atoms with E-state index in [1.54, 1.807) is 13.1 Å². The summed E-state index contributed by atoms with van der Waals surface area (Å²) in [6.45, 7) is 7.17. The highest BCUT2D eigenvalue weighted by Crippen LogP contribution is 2.25. The van der Waals surface area contributed by atoms with E-state index in [0.29, 0.717) is 19.5 Å². The van der Waals surface area contributed by atoms with Crippen LogP contribution in [0, 0.1) is 12.8 Å². The van der Waals surface area contributed by atoms with Crippen molar-refractivity contribution in [3.05, 3.63) is 12.0 Å². The van der Waals surface area contributed by atoms with Gasteiger partial charge in [-0.1, -0.05) is 6.92 Å². The second kappa shape index (κ2) is 5.83. The highest BCUT2D eigenvalue weighted by Gasteiger charge is 2.35. The monoisotopic (exact) mass is 301 g/mol. The molecule has 0 radical (unpaired) electrons. The van der Waals surface area contributed by atoms with Crippen LogP contribution in [-0.4, -0.2) is 46.6 Å². The summed E-state index contributed by atoms with van der Waals surface area (Å²) in [5.41, 5.74) is 0. The van der Waals surface area contributed by atoms with Gasteiger partial charge in [-0.3, -0.25) is 0 Å². The van der Waals surface area contributed by atoms with Crippen molar-refractivity contribution in [2.45, 2.75) is 51.3 Å². The second-order valence-corrected chi connectivity index (χ2v) is 7.36. The molecular formula is C13H23N3O3S. The summed E-state index contributed by atoms with van der Waals surface area (Å²) in [6.07, 6.45) is 2.77. The Balaban J connectivity index is 2.21. The summed E-state index contributed by atoms with van der Waals surface area (Å²) in [6, 6.07) is 0. The van der Waals surface area contributed by atoms with Gasteiger partial charge in [-0.15, -0.1) is 0 Å². The van der Waals surface area contributed by atoms with Gasteiger partial charge in [0.2, 0.25) is 0 Å². The topological polar surface area (TPSA) is 75.4 Å². The maximum atomic E-state index is 12.5. The minimum Gasteiger partial charge on any atom is -0.393 e. The van der Waals surface area contributed by atoms with Crippen molar-refractivity contribution in [2.24, 2.45) is 5.92 Å². The van der Waals surface area contributed by atoms with E-state index in [4.69, 9.17) is 0 Å². The van der Waals surface area contributed by atoms with Gasteiger partial charge >= 0.3 is 0 Å². The number of aliphatic hydroxyl groups excluding tert-OH is 1. The Bertz CT molecular complexity index is 565. The van der Waals surface area contributed by atoms with E-state index in [0.717, 1.165) is 18.8 Å². The van der Waals surface area contributed by atoms with Crippen molar-refractivity contribution in [1.82, 2.24) is 13.9 Å². The molecule has 114 valence electrons. The molecule has 1 fully saturated rings. The molecule has 20 heavy (non-hydrogen) atoms. The molecule has 2 unspecified atom stereocenters. The van der Waals surface area contributed by atoms with Crippen LogP contribution in [0.15, 0.2) is 11.2 Å². The third-order valence-corrected chi connectivity index (χ3v) is 5.63. The predicted octanol–water partition coefficient (Wildman–Crippen LogP) is 0.993. The zero-order chi connectivity index (χ0) is 14.9. The Morgan fingerprint density at radius 2 is 2.25 bits per heavy atom. The van der Waals surface area contributed by atoms with E-state index in [2.05, 4.69) is 4.98 Å².